The first-order valence-corrected chi connectivity index (χ1v) is 7.86. The standard InChI is InChI=1S/C17H13BrClNO3/c18-13-5-7-15(8-6-13)20-16(21)11-23-17(22)9-4-12-2-1-3-14(19)10-12/h1-10H,11H2,(H,20,21)/b9-4+. The molecule has 0 unspecified atom stereocenters. The van der Waals surface area contributed by atoms with Gasteiger partial charge in [-0.2, -0.15) is 0 Å². The minimum absolute atomic E-state index is 0.352. The van der Waals surface area contributed by atoms with E-state index in [-0.39, 0.29) is 6.61 Å². The van der Waals surface area contributed by atoms with E-state index in [2.05, 4.69) is 21.2 Å². The van der Waals surface area contributed by atoms with Gasteiger partial charge >= 0.3 is 5.97 Å². The lowest BCUT2D eigenvalue weighted by atomic mass is 10.2. The summed E-state index contributed by atoms with van der Waals surface area (Å²) >= 11 is 9.15. The summed E-state index contributed by atoms with van der Waals surface area (Å²) < 4.78 is 5.78. The third kappa shape index (κ3) is 6.26. The molecular formula is C17H13BrClNO3. The molecule has 0 atom stereocenters. The van der Waals surface area contributed by atoms with Gasteiger partial charge in [-0.3, -0.25) is 4.79 Å². The van der Waals surface area contributed by atoms with E-state index in [9.17, 15) is 9.59 Å². The molecule has 0 spiro atoms. The highest BCUT2D eigenvalue weighted by atomic mass is 79.9. The quantitative estimate of drug-likeness (QED) is 0.608. The van der Waals surface area contributed by atoms with Crippen molar-refractivity contribution in [1.82, 2.24) is 0 Å². The van der Waals surface area contributed by atoms with E-state index in [0.29, 0.717) is 10.7 Å². The molecule has 1 amide bonds. The van der Waals surface area contributed by atoms with E-state index in [4.69, 9.17) is 16.3 Å². The Labute approximate surface area is 147 Å². The number of amides is 1. The Balaban J connectivity index is 1.79. The summed E-state index contributed by atoms with van der Waals surface area (Å²) in [6.45, 7) is -0.352. The normalized spacial score (nSPS) is 10.5. The molecule has 0 aliphatic heterocycles. The molecule has 0 aromatic heterocycles. The van der Waals surface area contributed by atoms with Gasteiger partial charge in [0.05, 0.1) is 0 Å². The van der Waals surface area contributed by atoms with Crippen LogP contribution in [0.4, 0.5) is 5.69 Å². The van der Waals surface area contributed by atoms with Crippen molar-refractivity contribution in [3.63, 3.8) is 0 Å². The van der Waals surface area contributed by atoms with E-state index in [0.717, 1.165) is 10.0 Å². The zero-order valence-corrected chi connectivity index (χ0v) is 14.3. The van der Waals surface area contributed by atoms with Gasteiger partial charge in [0.15, 0.2) is 6.61 Å². The van der Waals surface area contributed by atoms with Crippen LogP contribution in [0.1, 0.15) is 5.56 Å². The Morgan fingerprint density at radius 2 is 1.91 bits per heavy atom. The molecule has 23 heavy (non-hydrogen) atoms. The Morgan fingerprint density at radius 3 is 2.61 bits per heavy atom. The molecule has 0 bridgehead atoms. The maximum atomic E-state index is 11.7. The summed E-state index contributed by atoms with van der Waals surface area (Å²) in [6.07, 6.45) is 2.82. The fraction of sp³-hybridized carbons (Fsp3) is 0.0588. The summed E-state index contributed by atoms with van der Waals surface area (Å²) in [5.41, 5.74) is 1.40. The van der Waals surface area contributed by atoms with Gasteiger partial charge in [0.2, 0.25) is 0 Å². The number of benzene rings is 2. The van der Waals surface area contributed by atoms with Crippen LogP contribution in [0, 0.1) is 0 Å². The minimum Gasteiger partial charge on any atom is -0.452 e. The highest BCUT2D eigenvalue weighted by Crippen LogP contribution is 2.14. The number of carbonyl (C=O) groups is 2. The summed E-state index contributed by atoms with van der Waals surface area (Å²) in [7, 11) is 0. The lowest BCUT2D eigenvalue weighted by molar-refractivity contribution is -0.142. The predicted molar refractivity (Wildman–Crippen MR) is 94.2 cm³/mol. The molecule has 4 nitrogen and oxygen atoms in total. The molecule has 118 valence electrons. The minimum atomic E-state index is -0.601. The molecule has 6 heteroatoms. The smallest absolute Gasteiger partial charge is 0.331 e. The number of rotatable bonds is 5. The molecule has 0 heterocycles. The predicted octanol–water partition coefficient (Wildman–Crippen LogP) is 4.30. The second-order valence-corrected chi connectivity index (χ2v) is 5.90. The van der Waals surface area contributed by atoms with Crippen LogP contribution in [0.2, 0.25) is 5.02 Å². The molecule has 2 aromatic carbocycles. The Morgan fingerprint density at radius 1 is 1.17 bits per heavy atom. The molecule has 0 fully saturated rings. The van der Waals surface area contributed by atoms with Crippen LogP contribution < -0.4 is 5.32 Å². The van der Waals surface area contributed by atoms with Crippen LogP contribution in [0.15, 0.2) is 59.1 Å². The molecule has 0 saturated heterocycles. The number of nitrogens with one attached hydrogen (secondary N) is 1. The van der Waals surface area contributed by atoms with Crippen molar-refractivity contribution in [1.29, 1.82) is 0 Å². The zero-order valence-electron chi connectivity index (χ0n) is 12.0. The largest absolute Gasteiger partial charge is 0.452 e. The van der Waals surface area contributed by atoms with Crippen molar-refractivity contribution in [2.75, 3.05) is 11.9 Å². The average molecular weight is 395 g/mol. The van der Waals surface area contributed by atoms with Gasteiger partial charge in [0.25, 0.3) is 5.91 Å². The second kappa shape index (κ2) is 8.50. The third-order valence-electron chi connectivity index (χ3n) is 2.73. The Bertz CT molecular complexity index is 729. The molecule has 0 aliphatic carbocycles. The van der Waals surface area contributed by atoms with Gasteiger partial charge in [-0.15, -0.1) is 0 Å². The average Bonchev–Trinajstić information content (AvgIpc) is 2.53. The number of carbonyl (C=O) groups excluding carboxylic acids is 2. The van der Waals surface area contributed by atoms with Gasteiger partial charge in [0, 0.05) is 21.3 Å². The molecule has 0 saturated carbocycles. The van der Waals surface area contributed by atoms with E-state index in [1.165, 1.54) is 6.08 Å². The highest BCUT2D eigenvalue weighted by Gasteiger charge is 2.05. The van der Waals surface area contributed by atoms with Crippen LogP contribution in [-0.4, -0.2) is 18.5 Å². The maximum Gasteiger partial charge on any atom is 0.331 e. The fourth-order valence-electron chi connectivity index (χ4n) is 1.69. The topological polar surface area (TPSA) is 55.4 Å². The van der Waals surface area contributed by atoms with Crippen molar-refractivity contribution in [2.45, 2.75) is 0 Å². The SMILES string of the molecule is O=C(COC(=O)/C=C/c1cccc(Cl)c1)Nc1ccc(Br)cc1. The second-order valence-electron chi connectivity index (χ2n) is 4.55. The summed E-state index contributed by atoms with van der Waals surface area (Å²) in [5, 5.41) is 3.21. The van der Waals surface area contributed by atoms with E-state index in [1.807, 2.05) is 0 Å². The van der Waals surface area contributed by atoms with E-state index < -0.39 is 11.9 Å². The first kappa shape index (κ1) is 17.2. The summed E-state index contributed by atoms with van der Waals surface area (Å²) in [6, 6.07) is 14.1. The summed E-state index contributed by atoms with van der Waals surface area (Å²) in [5.74, 6) is -1.01. The van der Waals surface area contributed by atoms with E-state index in [1.54, 1.807) is 54.6 Å². The highest BCUT2D eigenvalue weighted by molar-refractivity contribution is 9.10. The monoisotopic (exact) mass is 393 g/mol. The lowest BCUT2D eigenvalue weighted by Crippen LogP contribution is -2.20. The van der Waals surface area contributed by atoms with Crippen molar-refractivity contribution in [2.24, 2.45) is 0 Å². The number of ether oxygens (including phenoxy) is 1. The summed E-state index contributed by atoms with van der Waals surface area (Å²) in [4.78, 5) is 23.3. The molecule has 0 radical (unpaired) electrons. The molecule has 2 aromatic rings. The molecule has 2 rings (SSSR count). The van der Waals surface area contributed by atoms with Crippen molar-refractivity contribution in [3.8, 4) is 0 Å². The van der Waals surface area contributed by atoms with Gasteiger partial charge in [-0.05, 0) is 48.0 Å². The van der Waals surface area contributed by atoms with Gasteiger partial charge in [-0.1, -0.05) is 39.7 Å². The number of hydrogen-bond donors (Lipinski definition) is 1. The third-order valence-corrected chi connectivity index (χ3v) is 3.50. The lowest BCUT2D eigenvalue weighted by Gasteiger charge is -2.05. The van der Waals surface area contributed by atoms with Gasteiger partial charge < -0.3 is 10.1 Å². The number of hydrogen-bond acceptors (Lipinski definition) is 3. The van der Waals surface area contributed by atoms with Crippen LogP contribution in [0.5, 0.6) is 0 Å². The van der Waals surface area contributed by atoms with Crippen molar-refractivity contribution < 1.29 is 14.3 Å². The van der Waals surface area contributed by atoms with E-state index >= 15 is 0 Å². The number of halogens is 2. The molecule has 1 N–H and O–H groups in total. The van der Waals surface area contributed by atoms with Gasteiger partial charge in [-0.25, -0.2) is 4.79 Å². The first-order chi connectivity index (χ1) is 11.0. The van der Waals surface area contributed by atoms with Crippen LogP contribution >= 0.6 is 27.5 Å². The van der Waals surface area contributed by atoms with Crippen molar-refractivity contribution in [3.05, 3.63) is 69.7 Å². The first-order valence-electron chi connectivity index (χ1n) is 6.69. The number of esters is 1. The van der Waals surface area contributed by atoms with Crippen LogP contribution in [-0.2, 0) is 14.3 Å². The van der Waals surface area contributed by atoms with Gasteiger partial charge in [0.1, 0.15) is 0 Å². The Hall–Kier alpha value is -2.11. The Kier molecular flexibility index (Phi) is 6.38. The maximum absolute atomic E-state index is 11.7. The van der Waals surface area contributed by atoms with Crippen LogP contribution in [0.25, 0.3) is 6.08 Å². The zero-order chi connectivity index (χ0) is 16.7. The fourth-order valence-corrected chi connectivity index (χ4v) is 2.15. The molecule has 0 aliphatic rings. The van der Waals surface area contributed by atoms with Crippen molar-refractivity contribution >= 4 is 51.2 Å². The molecular weight excluding hydrogens is 382 g/mol. The van der Waals surface area contributed by atoms with Crippen LogP contribution in [0.3, 0.4) is 0 Å². The number of anilines is 1.